The Kier molecular flexibility index (Phi) is 5.77. The standard InChI is InChI=1S/C13H21N3OS.ClH/c1-3-10-9(2)18-12(15-10)16-11(17)13(8-14)6-4-5-7-13;/h3-8,14H2,1-2H3,(H,15,16,17);1H. The smallest absolute Gasteiger partial charge is 0.233 e. The summed E-state index contributed by atoms with van der Waals surface area (Å²) < 4.78 is 0. The minimum absolute atomic E-state index is 0. The zero-order valence-electron chi connectivity index (χ0n) is 11.5. The first-order valence-electron chi connectivity index (χ1n) is 6.59. The van der Waals surface area contributed by atoms with Gasteiger partial charge in [-0.2, -0.15) is 0 Å². The molecule has 2 rings (SSSR count). The number of halogens is 1. The van der Waals surface area contributed by atoms with Gasteiger partial charge in [-0.15, -0.1) is 23.7 Å². The molecule has 0 atom stereocenters. The summed E-state index contributed by atoms with van der Waals surface area (Å²) in [6, 6.07) is 0. The molecule has 6 heteroatoms. The van der Waals surface area contributed by atoms with Crippen molar-refractivity contribution in [1.82, 2.24) is 4.98 Å². The van der Waals surface area contributed by atoms with Crippen molar-refractivity contribution >= 4 is 34.8 Å². The van der Waals surface area contributed by atoms with Gasteiger partial charge in [0.25, 0.3) is 0 Å². The van der Waals surface area contributed by atoms with E-state index < -0.39 is 0 Å². The number of nitrogens with one attached hydrogen (secondary N) is 1. The normalized spacial score (nSPS) is 17.0. The summed E-state index contributed by atoms with van der Waals surface area (Å²) in [5, 5.41) is 3.68. The second-order valence-electron chi connectivity index (χ2n) is 5.02. The number of rotatable bonds is 4. The van der Waals surface area contributed by atoms with Crippen molar-refractivity contribution in [2.24, 2.45) is 11.1 Å². The molecule has 1 aliphatic rings. The lowest BCUT2D eigenvalue weighted by Gasteiger charge is -2.24. The van der Waals surface area contributed by atoms with Gasteiger partial charge in [-0.1, -0.05) is 19.8 Å². The lowest BCUT2D eigenvalue weighted by Crippen LogP contribution is -2.40. The number of aromatic nitrogens is 1. The number of carbonyl (C=O) groups is 1. The van der Waals surface area contributed by atoms with Crippen LogP contribution in [0.5, 0.6) is 0 Å². The summed E-state index contributed by atoms with van der Waals surface area (Å²) >= 11 is 1.55. The molecular formula is C13H22ClN3OS. The zero-order chi connectivity index (χ0) is 13.2. The summed E-state index contributed by atoms with van der Waals surface area (Å²) in [5.41, 5.74) is 6.52. The van der Waals surface area contributed by atoms with Gasteiger partial charge in [-0.05, 0) is 26.2 Å². The van der Waals surface area contributed by atoms with Gasteiger partial charge >= 0.3 is 0 Å². The summed E-state index contributed by atoms with van der Waals surface area (Å²) in [4.78, 5) is 18.0. The molecule has 0 unspecified atom stereocenters. The Morgan fingerprint density at radius 3 is 2.58 bits per heavy atom. The number of hydrogen-bond donors (Lipinski definition) is 2. The molecule has 3 N–H and O–H groups in total. The summed E-state index contributed by atoms with van der Waals surface area (Å²) in [7, 11) is 0. The van der Waals surface area contributed by atoms with Gasteiger partial charge in [0.15, 0.2) is 5.13 Å². The molecule has 108 valence electrons. The number of anilines is 1. The van der Waals surface area contributed by atoms with Gasteiger partial charge in [0, 0.05) is 11.4 Å². The quantitative estimate of drug-likeness (QED) is 0.898. The van der Waals surface area contributed by atoms with E-state index in [1.807, 2.05) is 6.92 Å². The monoisotopic (exact) mass is 303 g/mol. The summed E-state index contributed by atoms with van der Waals surface area (Å²) in [6.45, 7) is 4.55. The number of nitrogens with two attached hydrogens (primary N) is 1. The van der Waals surface area contributed by atoms with E-state index in [0.29, 0.717) is 11.7 Å². The highest BCUT2D eigenvalue weighted by molar-refractivity contribution is 7.15. The zero-order valence-corrected chi connectivity index (χ0v) is 13.1. The molecule has 1 aromatic rings. The Labute approximate surface area is 124 Å². The first-order chi connectivity index (χ1) is 8.61. The van der Waals surface area contributed by atoms with Crippen molar-refractivity contribution < 1.29 is 4.79 Å². The Bertz CT molecular complexity index is 441. The third-order valence-electron chi connectivity index (χ3n) is 3.88. The molecule has 1 fully saturated rings. The number of nitrogens with zero attached hydrogens (tertiary/aromatic N) is 1. The van der Waals surface area contributed by atoms with Gasteiger partial charge in [0.2, 0.25) is 5.91 Å². The molecule has 0 saturated heterocycles. The average molecular weight is 304 g/mol. The molecule has 0 aliphatic heterocycles. The molecule has 1 heterocycles. The fraction of sp³-hybridized carbons (Fsp3) is 0.692. The highest BCUT2D eigenvalue weighted by Gasteiger charge is 2.40. The van der Waals surface area contributed by atoms with E-state index in [0.717, 1.165) is 37.8 Å². The molecule has 1 saturated carbocycles. The van der Waals surface area contributed by atoms with Crippen LogP contribution in [0.1, 0.15) is 43.2 Å². The third kappa shape index (κ3) is 3.27. The predicted molar refractivity (Wildman–Crippen MR) is 82.1 cm³/mol. The molecular weight excluding hydrogens is 282 g/mol. The van der Waals surface area contributed by atoms with E-state index in [4.69, 9.17) is 5.73 Å². The van der Waals surface area contributed by atoms with Crippen LogP contribution < -0.4 is 11.1 Å². The SMILES string of the molecule is CCc1nc(NC(=O)C2(CN)CCCC2)sc1C.Cl. The fourth-order valence-corrected chi connectivity index (χ4v) is 3.51. The highest BCUT2D eigenvalue weighted by atomic mass is 35.5. The fourth-order valence-electron chi connectivity index (χ4n) is 2.61. The van der Waals surface area contributed by atoms with Gasteiger partial charge in [0.05, 0.1) is 11.1 Å². The lowest BCUT2D eigenvalue weighted by atomic mass is 9.85. The van der Waals surface area contributed by atoms with Crippen LogP contribution in [-0.4, -0.2) is 17.4 Å². The maximum Gasteiger partial charge on any atom is 0.233 e. The largest absolute Gasteiger partial charge is 0.329 e. The van der Waals surface area contributed by atoms with Crippen LogP contribution in [0, 0.1) is 12.3 Å². The third-order valence-corrected chi connectivity index (χ3v) is 4.81. The van der Waals surface area contributed by atoms with E-state index in [1.165, 1.54) is 4.88 Å². The van der Waals surface area contributed by atoms with Crippen LogP contribution in [0.15, 0.2) is 0 Å². The minimum Gasteiger partial charge on any atom is -0.329 e. The molecule has 4 nitrogen and oxygen atoms in total. The second-order valence-corrected chi connectivity index (χ2v) is 6.22. The Hall–Kier alpha value is -0.650. The van der Waals surface area contributed by atoms with Crippen LogP contribution in [0.25, 0.3) is 0 Å². The van der Waals surface area contributed by atoms with Crippen molar-refractivity contribution in [3.05, 3.63) is 10.6 Å². The number of aryl methyl sites for hydroxylation is 2. The van der Waals surface area contributed by atoms with E-state index >= 15 is 0 Å². The Balaban J connectivity index is 0.00000180. The van der Waals surface area contributed by atoms with Crippen molar-refractivity contribution in [2.75, 3.05) is 11.9 Å². The summed E-state index contributed by atoms with van der Waals surface area (Å²) in [5.74, 6) is 0.0545. The molecule has 0 spiro atoms. The van der Waals surface area contributed by atoms with Crippen LogP contribution in [0.3, 0.4) is 0 Å². The molecule has 0 aromatic carbocycles. The van der Waals surface area contributed by atoms with Crippen molar-refractivity contribution in [3.63, 3.8) is 0 Å². The molecule has 0 bridgehead atoms. The van der Waals surface area contributed by atoms with Gasteiger partial charge in [0.1, 0.15) is 0 Å². The van der Waals surface area contributed by atoms with Crippen LogP contribution in [-0.2, 0) is 11.2 Å². The van der Waals surface area contributed by atoms with E-state index in [2.05, 4.69) is 17.2 Å². The van der Waals surface area contributed by atoms with Crippen molar-refractivity contribution in [3.8, 4) is 0 Å². The van der Waals surface area contributed by atoms with Gasteiger partial charge in [-0.3, -0.25) is 4.79 Å². The number of carbonyl (C=O) groups excluding carboxylic acids is 1. The van der Waals surface area contributed by atoms with Gasteiger partial charge in [-0.25, -0.2) is 4.98 Å². The summed E-state index contributed by atoms with van der Waals surface area (Å²) in [6.07, 6.45) is 4.91. The van der Waals surface area contributed by atoms with E-state index in [-0.39, 0.29) is 23.7 Å². The number of amides is 1. The Morgan fingerprint density at radius 1 is 1.47 bits per heavy atom. The minimum atomic E-state index is -0.355. The van der Waals surface area contributed by atoms with Gasteiger partial charge < -0.3 is 11.1 Å². The Morgan fingerprint density at radius 2 is 2.11 bits per heavy atom. The maximum atomic E-state index is 12.4. The highest BCUT2D eigenvalue weighted by Crippen LogP contribution is 2.38. The van der Waals surface area contributed by atoms with E-state index in [9.17, 15) is 4.79 Å². The molecule has 1 aromatic heterocycles. The second kappa shape index (κ2) is 6.68. The topological polar surface area (TPSA) is 68.0 Å². The molecule has 1 aliphatic carbocycles. The van der Waals surface area contributed by atoms with Crippen LogP contribution >= 0.6 is 23.7 Å². The first kappa shape index (κ1) is 16.4. The number of thiazole rings is 1. The van der Waals surface area contributed by atoms with Crippen LogP contribution in [0.2, 0.25) is 0 Å². The lowest BCUT2D eigenvalue weighted by molar-refractivity contribution is -0.124. The van der Waals surface area contributed by atoms with Crippen molar-refractivity contribution in [2.45, 2.75) is 46.0 Å². The molecule has 1 amide bonds. The average Bonchev–Trinajstić information content (AvgIpc) is 2.96. The predicted octanol–water partition coefficient (Wildman–Crippen LogP) is 2.89. The maximum absolute atomic E-state index is 12.4. The molecule has 0 radical (unpaired) electrons. The van der Waals surface area contributed by atoms with Crippen LogP contribution in [0.4, 0.5) is 5.13 Å². The number of hydrogen-bond acceptors (Lipinski definition) is 4. The first-order valence-corrected chi connectivity index (χ1v) is 7.41. The van der Waals surface area contributed by atoms with Crippen molar-refractivity contribution in [1.29, 1.82) is 0 Å². The molecule has 19 heavy (non-hydrogen) atoms. The van der Waals surface area contributed by atoms with E-state index in [1.54, 1.807) is 11.3 Å².